The smallest absolute Gasteiger partial charge is 0.159 e. The molecule has 0 aromatic heterocycles. The summed E-state index contributed by atoms with van der Waals surface area (Å²) in [7, 11) is 0. The van der Waals surface area contributed by atoms with Gasteiger partial charge in [0.2, 0.25) is 0 Å². The molecule has 0 spiro atoms. The first-order chi connectivity index (χ1) is 5.70. The van der Waals surface area contributed by atoms with Crippen molar-refractivity contribution in [3.63, 3.8) is 0 Å². The Morgan fingerprint density at radius 3 is 2.67 bits per heavy atom. The molecule has 1 nitrogen and oxygen atoms in total. The van der Waals surface area contributed by atoms with E-state index in [-0.39, 0.29) is 0 Å². The lowest BCUT2D eigenvalue weighted by Gasteiger charge is -2.27. The van der Waals surface area contributed by atoms with Crippen LogP contribution in [0.3, 0.4) is 0 Å². The summed E-state index contributed by atoms with van der Waals surface area (Å²) in [5.74, 6) is 1.80. The number of ketones is 1. The zero-order chi connectivity index (χ0) is 8.72. The van der Waals surface area contributed by atoms with Crippen LogP contribution < -0.4 is 0 Å². The number of carbonyl (C=O) groups is 1. The van der Waals surface area contributed by atoms with Crippen molar-refractivity contribution in [1.82, 2.24) is 0 Å². The van der Waals surface area contributed by atoms with Crippen LogP contribution >= 0.6 is 0 Å². The van der Waals surface area contributed by atoms with E-state index in [9.17, 15) is 4.79 Å². The van der Waals surface area contributed by atoms with E-state index in [4.69, 9.17) is 0 Å². The molecule has 2 atom stereocenters. The van der Waals surface area contributed by atoms with Crippen LogP contribution in [0.25, 0.3) is 0 Å². The van der Waals surface area contributed by atoms with Gasteiger partial charge in [0, 0.05) is 6.42 Å². The van der Waals surface area contributed by atoms with Gasteiger partial charge < -0.3 is 0 Å². The summed E-state index contributed by atoms with van der Waals surface area (Å²) in [5, 5.41) is 0. The molecule has 2 rings (SSSR count). The first-order valence-electron chi connectivity index (χ1n) is 4.93. The fourth-order valence-corrected chi connectivity index (χ4v) is 2.68. The van der Waals surface area contributed by atoms with Crippen LogP contribution in [-0.4, -0.2) is 5.78 Å². The normalized spacial score (nSPS) is 35.7. The first-order valence-corrected chi connectivity index (χ1v) is 4.93. The third-order valence-electron chi connectivity index (χ3n) is 3.47. The third-order valence-corrected chi connectivity index (χ3v) is 3.47. The van der Waals surface area contributed by atoms with E-state index >= 15 is 0 Å². The van der Waals surface area contributed by atoms with Crippen molar-refractivity contribution in [2.75, 3.05) is 0 Å². The van der Waals surface area contributed by atoms with Crippen LogP contribution in [-0.2, 0) is 4.79 Å². The van der Waals surface area contributed by atoms with E-state index in [0.29, 0.717) is 11.7 Å². The fraction of sp³-hybridized carbons (Fsp3) is 0.727. The standard InChI is InChI=1S/C11H16O/c1-7-4-6-10(12)11-8(2)3-5-9(7)11/h7,9H,3-6H2,1-2H3/t7-,9-/m0/s1. The molecular weight excluding hydrogens is 148 g/mol. The van der Waals surface area contributed by atoms with Crippen molar-refractivity contribution < 1.29 is 4.79 Å². The third kappa shape index (κ3) is 1.03. The van der Waals surface area contributed by atoms with Gasteiger partial charge in [-0.3, -0.25) is 4.79 Å². The van der Waals surface area contributed by atoms with Crippen molar-refractivity contribution in [1.29, 1.82) is 0 Å². The van der Waals surface area contributed by atoms with Crippen molar-refractivity contribution in [3.8, 4) is 0 Å². The zero-order valence-electron chi connectivity index (χ0n) is 7.89. The molecule has 0 N–H and O–H groups in total. The maximum atomic E-state index is 11.6. The Hall–Kier alpha value is -0.590. The van der Waals surface area contributed by atoms with E-state index in [1.807, 2.05) is 0 Å². The van der Waals surface area contributed by atoms with E-state index in [1.54, 1.807) is 0 Å². The van der Waals surface area contributed by atoms with E-state index in [1.165, 1.54) is 17.6 Å². The minimum Gasteiger partial charge on any atom is -0.295 e. The number of allylic oxidation sites excluding steroid dienone is 2. The number of hydrogen-bond acceptors (Lipinski definition) is 1. The average Bonchev–Trinajstić information content (AvgIpc) is 2.42. The van der Waals surface area contributed by atoms with Crippen LogP contribution in [0.4, 0.5) is 0 Å². The number of carbonyl (C=O) groups excluding carboxylic acids is 1. The van der Waals surface area contributed by atoms with Crippen molar-refractivity contribution in [2.24, 2.45) is 11.8 Å². The topological polar surface area (TPSA) is 17.1 Å². The molecule has 0 aromatic carbocycles. The van der Waals surface area contributed by atoms with Crippen LogP contribution in [0.15, 0.2) is 11.1 Å². The fourth-order valence-electron chi connectivity index (χ4n) is 2.68. The molecule has 0 heterocycles. The van der Waals surface area contributed by atoms with Gasteiger partial charge in [-0.1, -0.05) is 12.5 Å². The molecule has 0 radical (unpaired) electrons. The molecule has 0 aromatic rings. The highest BCUT2D eigenvalue weighted by molar-refractivity contribution is 5.97. The summed E-state index contributed by atoms with van der Waals surface area (Å²) in [6.07, 6.45) is 4.30. The molecule has 1 heteroatoms. The summed E-state index contributed by atoms with van der Waals surface area (Å²) < 4.78 is 0. The largest absolute Gasteiger partial charge is 0.295 e. The Kier molecular flexibility index (Phi) is 1.82. The molecule has 12 heavy (non-hydrogen) atoms. The summed E-state index contributed by atoms with van der Waals surface area (Å²) in [4.78, 5) is 11.6. The van der Waals surface area contributed by atoms with Crippen molar-refractivity contribution >= 4 is 5.78 Å². The lowest BCUT2D eigenvalue weighted by molar-refractivity contribution is -0.117. The Balaban J connectivity index is 2.33. The Morgan fingerprint density at radius 2 is 2.00 bits per heavy atom. The lowest BCUT2D eigenvalue weighted by atomic mass is 9.77. The second kappa shape index (κ2) is 2.72. The van der Waals surface area contributed by atoms with Crippen LogP contribution in [0.1, 0.15) is 39.5 Å². The molecule has 0 aliphatic heterocycles. The minimum absolute atomic E-state index is 0.438. The highest BCUT2D eigenvalue weighted by Gasteiger charge is 2.35. The van der Waals surface area contributed by atoms with Crippen LogP contribution in [0.2, 0.25) is 0 Å². The predicted molar refractivity (Wildman–Crippen MR) is 48.8 cm³/mol. The van der Waals surface area contributed by atoms with Gasteiger partial charge in [-0.15, -0.1) is 0 Å². The van der Waals surface area contributed by atoms with Gasteiger partial charge in [-0.2, -0.15) is 0 Å². The molecule has 66 valence electrons. The Morgan fingerprint density at radius 1 is 1.25 bits per heavy atom. The maximum Gasteiger partial charge on any atom is 0.159 e. The van der Waals surface area contributed by atoms with Gasteiger partial charge in [-0.05, 0) is 43.6 Å². The molecule has 2 aliphatic carbocycles. The highest BCUT2D eigenvalue weighted by atomic mass is 16.1. The lowest BCUT2D eigenvalue weighted by Crippen LogP contribution is -2.23. The van der Waals surface area contributed by atoms with E-state index in [2.05, 4.69) is 13.8 Å². The van der Waals surface area contributed by atoms with Crippen molar-refractivity contribution in [2.45, 2.75) is 39.5 Å². The summed E-state index contributed by atoms with van der Waals surface area (Å²) in [6, 6.07) is 0. The van der Waals surface area contributed by atoms with Crippen LogP contribution in [0, 0.1) is 11.8 Å². The number of fused-ring (bicyclic) bond motifs is 1. The molecule has 0 saturated heterocycles. The van der Waals surface area contributed by atoms with Crippen LogP contribution in [0.5, 0.6) is 0 Å². The van der Waals surface area contributed by atoms with E-state index in [0.717, 1.165) is 25.2 Å². The first kappa shape index (κ1) is 8.03. The number of hydrogen-bond donors (Lipinski definition) is 0. The minimum atomic E-state index is 0.438. The van der Waals surface area contributed by atoms with Gasteiger partial charge >= 0.3 is 0 Å². The average molecular weight is 164 g/mol. The van der Waals surface area contributed by atoms with Gasteiger partial charge in [-0.25, -0.2) is 0 Å². The molecule has 0 amide bonds. The van der Waals surface area contributed by atoms with Crippen molar-refractivity contribution in [3.05, 3.63) is 11.1 Å². The molecule has 1 fully saturated rings. The molecule has 0 bridgehead atoms. The summed E-state index contributed by atoms with van der Waals surface area (Å²) in [6.45, 7) is 4.42. The highest BCUT2D eigenvalue weighted by Crippen LogP contribution is 2.42. The monoisotopic (exact) mass is 164 g/mol. The summed E-state index contributed by atoms with van der Waals surface area (Å²) >= 11 is 0. The second-order valence-corrected chi connectivity index (χ2v) is 4.28. The molecular formula is C11H16O. The Labute approximate surface area is 73.8 Å². The Bertz CT molecular complexity index is 250. The molecule has 0 unspecified atom stereocenters. The van der Waals surface area contributed by atoms with Gasteiger partial charge in [0.25, 0.3) is 0 Å². The molecule has 2 aliphatic rings. The molecule has 1 saturated carbocycles. The van der Waals surface area contributed by atoms with Gasteiger partial charge in [0.1, 0.15) is 0 Å². The number of rotatable bonds is 0. The maximum absolute atomic E-state index is 11.6. The predicted octanol–water partition coefficient (Wildman–Crippen LogP) is 2.71. The van der Waals surface area contributed by atoms with Gasteiger partial charge in [0.05, 0.1) is 0 Å². The van der Waals surface area contributed by atoms with Gasteiger partial charge in [0.15, 0.2) is 5.78 Å². The van der Waals surface area contributed by atoms with E-state index < -0.39 is 0 Å². The SMILES string of the molecule is CC1=C2C(=O)CC[C@H](C)[C@@H]2CC1. The summed E-state index contributed by atoms with van der Waals surface area (Å²) in [5.41, 5.74) is 2.57. The second-order valence-electron chi connectivity index (χ2n) is 4.28. The number of Topliss-reactive ketones (excluding diaryl/α,β-unsaturated/α-hetero) is 1. The quantitative estimate of drug-likeness (QED) is 0.538. The zero-order valence-corrected chi connectivity index (χ0v) is 7.89.